The first-order valence-electron chi connectivity index (χ1n) is 10.1. The number of nitrogens with zero attached hydrogens (tertiary/aromatic N) is 5. The van der Waals surface area contributed by atoms with Gasteiger partial charge in [0.1, 0.15) is 0 Å². The van der Waals surface area contributed by atoms with Crippen LogP contribution in [0.3, 0.4) is 0 Å². The minimum atomic E-state index is -0.298. The lowest BCUT2D eigenvalue weighted by Gasteiger charge is -2.09. The van der Waals surface area contributed by atoms with E-state index in [0.717, 1.165) is 16.8 Å². The van der Waals surface area contributed by atoms with E-state index in [-0.39, 0.29) is 5.91 Å². The van der Waals surface area contributed by atoms with Crippen molar-refractivity contribution in [2.45, 2.75) is 6.92 Å². The largest absolute Gasteiger partial charge is 0.298 e. The van der Waals surface area contributed by atoms with Gasteiger partial charge in [0.15, 0.2) is 15.6 Å². The number of nitrogens with one attached hydrogen (secondary N) is 1. The normalized spacial score (nSPS) is 10.7. The van der Waals surface area contributed by atoms with Crippen molar-refractivity contribution in [2.75, 3.05) is 5.32 Å². The molecule has 3 aromatic heterocycles. The van der Waals surface area contributed by atoms with E-state index < -0.39 is 0 Å². The number of pyridine rings is 1. The molecule has 0 saturated heterocycles. The highest BCUT2D eigenvalue weighted by molar-refractivity contribution is 7.21. The van der Waals surface area contributed by atoms with E-state index in [1.54, 1.807) is 24.4 Å². The van der Waals surface area contributed by atoms with Crippen molar-refractivity contribution < 1.29 is 4.79 Å². The van der Waals surface area contributed by atoms with E-state index in [2.05, 4.69) is 31.3 Å². The quantitative estimate of drug-likeness (QED) is 0.403. The monoisotopic (exact) mass is 448 g/mol. The summed E-state index contributed by atoms with van der Waals surface area (Å²) >= 11 is 1.25. The molecule has 2 aromatic carbocycles. The van der Waals surface area contributed by atoms with Gasteiger partial charge in [-0.25, -0.2) is 9.97 Å². The molecule has 0 aliphatic rings. The molecule has 3 heterocycles. The zero-order valence-corrected chi connectivity index (χ0v) is 18.3. The van der Waals surface area contributed by atoms with Gasteiger partial charge in [0, 0.05) is 16.8 Å². The third-order valence-corrected chi connectivity index (χ3v) is 5.83. The minimum absolute atomic E-state index is 0.298. The maximum atomic E-state index is 13.1. The number of thiazole rings is 1. The van der Waals surface area contributed by atoms with Crippen molar-refractivity contribution in [2.24, 2.45) is 0 Å². The maximum absolute atomic E-state index is 13.1. The summed E-state index contributed by atoms with van der Waals surface area (Å²) in [5, 5.41) is 12.2. The molecule has 8 heteroatoms. The van der Waals surface area contributed by atoms with Crippen LogP contribution < -0.4 is 5.32 Å². The average Bonchev–Trinajstić information content (AvgIpc) is 3.26. The van der Waals surface area contributed by atoms with Gasteiger partial charge in [-0.1, -0.05) is 53.8 Å². The second-order valence-corrected chi connectivity index (χ2v) is 8.24. The Kier molecular flexibility index (Phi) is 5.30. The summed E-state index contributed by atoms with van der Waals surface area (Å²) in [4.78, 5) is 31.7. The highest BCUT2D eigenvalue weighted by Gasteiger charge is 2.17. The van der Waals surface area contributed by atoms with Crippen LogP contribution in [0, 0.1) is 18.3 Å². The van der Waals surface area contributed by atoms with Crippen molar-refractivity contribution in [3.63, 3.8) is 0 Å². The molecule has 0 spiro atoms. The molecule has 0 aliphatic carbocycles. The molecule has 0 bridgehead atoms. The van der Waals surface area contributed by atoms with Gasteiger partial charge in [-0.05, 0) is 31.2 Å². The molecule has 0 fully saturated rings. The van der Waals surface area contributed by atoms with E-state index in [1.807, 2.05) is 55.5 Å². The molecular weight excluding hydrogens is 432 g/mol. The molecule has 1 amide bonds. The van der Waals surface area contributed by atoms with Crippen molar-refractivity contribution >= 4 is 32.9 Å². The summed E-state index contributed by atoms with van der Waals surface area (Å²) in [5.74, 6) is -0.298. The molecular formula is C25H16N6OS. The Morgan fingerprint density at radius 3 is 2.48 bits per heavy atom. The van der Waals surface area contributed by atoms with E-state index >= 15 is 0 Å². The lowest BCUT2D eigenvalue weighted by Crippen LogP contribution is -2.14. The molecule has 0 aliphatic heterocycles. The fourth-order valence-electron chi connectivity index (χ4n) is 3.35. The van der Waals surface area contributed by atoms with Crippen LogP contribution in [0.5, 0.6) is 0 Å². The Bertz CT molecular complexity index is 1520. The zero-order valence-electron chi connectivity index (χ0n) is 17.5. The Balaban J connectivity index is 1.44. The fraction of sp³-hybridized carbons (Fsp3) is 0.0400. The number of anilines is 1. The van der Waals surface area contributed by atoms with Gasteiger partial charge in [-0.2, -0.15) is 10.2 Å². The van der Waals surface area contributed by atoms with Crippen molar-refractivity contribution in [1.29, 1.82) is 5.26 Å². The van der Waals surface area contributed by atoms with Crippen LogP contribution in [0.4, 0.5) is 5.13 Å². The first-order valence-corrected chi connectivity index (χ1v) is 10.9. The van der Waals surface area contributed by atoms with Gasteiger partial charge in [0.05, 0.1) is 34.8 Å². The zero-order chi connectivity index (χ0) is 22.8. The summed E-state index contributed by atoms with van der Waals surface area (Å²) in [6, 6.07) is 22.4. The minimum Gasteiger partial charge on any atom is -0.298 e. The standard InChI is InChI=1S/C25H16N6OS/c1-15-7-12-19(21(28-15)18-5-3-2-4-6-18)23(32)31-25-30-22-24(33-25)29-20(14-27-22)17-10-8-16(13-26)9-11-17/h2-12,14H,1H3,(H,27,30,31,32). The summed E-state index contributed by atoms with van der Waals surface area (Å²) < 4.78 is 0. The predicted molar refractivity (Wildman–Crippen MR) is 128 cm³/mol. The summed E-state index contributed by atoms with van der Waals surface area (Å²) in [7, 11) is 0. The molecule has 0 saturated carbocycles. The first-order chi connectivity index (χ1) is 16.1. The highest BCUT2D eigenvalue weighted by Crippen LogP contribution is 2.28. The lowest BCUT2D eigenvalue weighted by atomic mass is 10.0. The number of rotatable bonds is 4. The van der Waals surface area contributed by atoms with Crippen LogP contribution in [-0.2, 0) is 0 Å². The second-order valence-electron chi connectivity index (χ2n) is 7.26. The van der Waals surface area contributed by atoms with E-state index in [1.165, 1.54) is 11.3 Å². The predicted octanol–water partition coefficient (Wildman–Crippen LogP) is 5.25. The Morgan fingerprint density at radius 2 is 1.73 bits per heavy atom. The smallest absolute Gasteiger partial charge is 0.259 e. The number of carbonyl (C=O) groups excluding carboxylic acids is 1. The van der Waals surface area contributed by atoms with E-state index in [0.29, 0.717) is 38.1 Å². The number of hydrogen-bond acceptors (Lipinski definition) is 7. The molecule has 0 unspecified atom stereocenters. The van der Waals surface area contributed by atoms with Crippen LogP contribution in [0.2, 0.25) is 0 Å². The number of benzene rings is 2. The Labute approximate surface area is 193 Å². The van der Waals surface area contributed by atoms with Crippen LogP contribution in [0.15, 0.2) is 72.9 Å². The van der Waals surface area contributed by atoms with Gasteiger partial charge in [-0.3, -0.25) is 15.1 Å². The third kappa shape index (κ3) is 4.18. The van der Waals surface area contributed by atoms with Gasteiger partial charge in [0.25, 0.3) is 5.91 Å². The molecule has 0 radical (unpaired) electrons. The highest BCUT2D eigenvalue weighted by atomic mass is 32.1. The van der Waals surface area contributed by atoms with Gasteiger partial charge in [-0.15, -0.1) is 0 Å². The summed E-state index contributed by atoms with van der Waals surface area (Å²) in [6.07, 6.45) is 1.63. The van der Waals surface area contributed by atoms with Crippen molar-refractivity contribution in [1.82, 2.24) is 19.9 Å². The fourth-order valence-corrected chi connectivity index (χ4v) is 4.14. The lowest BCUT2D eigenvalue weighted by molar-refractivity contribution is 0.102. The number of nitriles is 1. The van der Waals surface area contributed by atoms with Gasteiger partial charge < -0.3 is 0 Å². The molecule has 1 N–H and O–H groups in total. The number of amides is 1. The number of fused-ring (bicyclic) bond motifs is 1. The molecule has 5 rings (SSSR count). The van der Waals surface area contributed by atoms with E-state index in [9.17, 15) is 4.79 Å². The first kappa shape index (κ1) is 20.4. The Hall–Kier alpha value is -4.48. The molecule has 158 valence electrons. The number of hydrogen-bond donors (Lipinski definition) is 1. The molecule has 7 nitrogen and oxygen atoms in total. The molecule has 5 aromatic rings. The molecule has 33 heavy (non-hydrogen) atoms. The maximum Gasteiger partial charge on any atom is 0.259 e. The number of aromatic nitrogens is 4. The number of aryl methyl sites for hydroxylation is 1. The topological polar surface area (TPSA) is 104 Å². The average molecular weight is 449 g/mol. The van der Waals surface area contributed by atoms with Crippen LogP contribution in [-0.4, -0.2) is 25.8 Å². The van der Waals surface area contributed by atoms with Gasteiger partial charge >= 0.3 is 0 Å². The van der Waals surface area contributed by atoms with Crippen LogP contribution >= 0.6 is 11.3 Å². The second kappa shape index (κ2) is 8.57. The van der Waals surface area contributed by atoms with Crippen molar-refractivity contribution in [3.8, 4) is 28.6 Å². The van der Waals surface area contributed by atoms with Crippen LogP contribution in [0.1, 0.15) is 21.6 Å². The van der Waals surface area contributed by atoms with Crippen LogP contribution in [0.25, 0.3) is 33.0 Å². The molecule has 0 atom stereocenters. The summed E-state index contributed by atoms with van der Waals surface area (Å²) in [5.41, 5.74) is 5.33. The van der Waals surface area contributed by atoms with E-state index in [4.69, 9.17) is 5.26 Å². The Morgan fingerprint density at radius 1 is 0.939 bits per heavy atom. The summed E-state index contributed by atoms with van der Waals surface area (Å²) in [6.45, 7) is 1.89. The SMILES string of the molecule is Cc1ccc(C(=O)Nc2nc3ncc(-c4ccc(C#N)cc4)nc3s2)c(-c2ccccc2)n1. The number of carbonyl (C=O) groups is 1. The van der Waals surface area contributed by atoms with Crippen molar-refractivity contribution in [3.05, 3.63) is 89.7 Å². The van der Waals surface area contributed by atoms with Gasteiger partial charge in [0.2, 0.25) is 0 Å². The third-order valence-electron chi connectivity index (χ3n) is 4.98.